The van der Waals surface area contributed by atoms with Gasteiger partial charge in [0.05, 0.1) is 24.5 Å². The molecule has 0 aromatic heterocycles. The van der Waals surface area contributed by atoms with E-state index in [1.54, 1.807) is 30.2 Å². The Balaban J connectivity index is 1.62. The van der Waals surface area contributed by atoms with Gasteiger partial charge in [-0.05, 0) is 48.4 Å². The number of methoxy groups -OCH3 is 1. The van der Waals surface area contributed by atoms with Gasteiger partial charge in [0.2, 0.25) is 5.96 Å². The number of nitrogens with zero attached hydrogens (tertiary/aromatic N) is 4. The first-order valence-electron chi connectivity index (χ1n) is 14.2. The molecule has 1 saturated heterocycles. The average Bonchev–Trinajstić information content (AvgIpc) is 3.00. The lowest BCUT2D eigenvalue weighted by atomic mass is 9.95. The van der Waals surface area contributed by atoms with E-state index in [2.05, 4.69) is 4.90 Å². The number of nitrogens with two attached hydrogens (primary N) is 1. The molecule has 2 aliphatic heterocycles. The molecule has 3 N–H and O–H groups in total. The zero-order valence-electron chi connectivity index (χ0n) is 24.1. The number of guanidine groups is 1. The highest BCUT2D eigenvalue weighted by molar-refractivity contribution is 6.01. The molecule has 1 fully saturated rings. The smallest absolute Gasteiger partial charge is 0.416 e. The molecule has 1 atom stereocenters. The van der Waals surface area contributed by atoms with Crippen molar-refractivity contribution in [3.8, 4) is 5.75 Å². The van der Waals surface area contributed by atoms with Crippen LogP contribution in [0.1, 0.15) is 42.5 Å². The number of rotatable bonds is 7. The number of allylic oxidation sites excluding steroid dienone is 1. The highest BCUT2D eigenvalue weighted by Gasteiger charge is 2.39. The van der Waals surface area contributed by atoms with Crippen molar-refractivity contribution in [2.24, 2.45) is 10.7 Å². The fraction of sp³-hybridized carbons (Fsp3) is 0.344. The van der Waals surface area contributed by atoms with E-state index in [1.165, 1.54) is 12.1 Å². The maximum Gasteiger partial charge on any atom is 0.416 e. The van der Waals surface area contributed by atoms with Crippen LogP contribution in [0.2, 0.25) is 0 Å². The zero-order chi connectivity index (χ0) is 30.7. The third kappa shape index (κ3) is 6.27. The molecule has 0 spiro atoms. The number of aliphatic imine (C=N–C) groups is 1. The fourth-order valence-corrected chi connectivity index (χ4v) is 5.68. The van der Waals surface area contributed by atoms with Gasteiger partial charge in [0.25, 0.3) is 0 Å². The first-order chi connectivity index (χ1) is 20.6. The molecule has 0 saturated carbocycles. The van der Waals surface area contributed by atoms with Crippen LogP contribution in [0.15, 0.2) is 77.5 Å². The second-order valence-electron chi connectivity index (χ2n) is 10.5. The van der Waals surface area contributed by atoms with Crippen molar-refractivity contribution in [1.29, 1.82) is 0 Å². The highest BCUT2D eigenvalue weighted by atomic mass is 19.4. The fourth-order valence-electron chi connectivity index (χ4n) is 5.68. The largest absolute Gasteiger partial charge is 0.513 e. The van der Waals surface area contributed by atoms with Gasteiger partial charge in [-0.1, -0.05) is 31.2 Å². The van der Waals surface area contributed by atoms with Gasteiger partial charge in [-0.15, -0.1) is 0 Å². The lowest BCUT2D eigenvalue weighted by molar-refractivity contribution is -0.137. The van der Waals surface area contributed by atoms with Crippen molar-refractivity contribution >= 4 is 23.0 Å². The predicted molar refractivity (Wildman–Crippen MR) is 160 cm³/mol. The maximum atomic E-state index is 15.3. The summed E-state index contributed by atoms with van der Waals surface area (Å²) >= 11 is 0. The minimum Gasteiger partial charge on any atom is -0.513 e. The lowest BCUT2D eigenvalue weighted by Gasteiger charge is -2.46. The lowest BCUT2D eigenvalue weighted by Crippen LogP contribution is -2.55. The Labute approximate surface area is 248 Å². The Kier molecular flexibility index (Phi) is 8.82. The van der Waals surface area contributed by atoms with E-state index in [1.807, 2.05) is 36.1 Å². The number of anilines is 2. The topological polar surface area (TPSA) is 77.6 Å². The van der Waals surface area contributed by atoms with Crippen LogP contribution < -0.4 is 20.3 Å². The summed E-state index contributed by atoms with van der Waals surface area (Å²) in [7, 11) is 1.61. The van der Waals surface area contributed by atoms with Gasteiger partial charge in [0, 0.05) is 62.1 Å². The summed E-state index contributed by atoms with van der Waals surface area (Å²) in [4.78, 5) is 10.6. The maximum absolute atomic E-state index is 15.3. The number of benzene rings is 3. The molecule has 43 heavy (non-hydrogen) atoms. The van der Waals surface area contributed by atoms with Gasteiger partial charge in [0.15, 0.2) is 0 Å². The molecular weight excluding hydrogens is 562 g/mol. The average molecular weight is 598 g/mol. The quantitative estimate of drug-likeness (QED) is 0.227. The predicted octanol–water partition coefficient (Wildman–Crippen LogP) is 6.92. The Morgan fingerprint density at radius 3 is 2.44 bits per heavy atom. The van der Waals surface area contributed by atoms with Gasteiger partial charge >= 0.3 is 6.18 Å². The Morgan fingerprint density at radius 1 is 1.05 bits per heavy atom. The number of ether oxygens (including phenoxy) is 1. The first kappa shape index (κ1) is 30.2. The van der Waals surface area contributed by atoms with Crippen molar-refractivity contribution in [3.05, 3.63) is 95.0 Å². The van der Waals surface area contributed by atoms with Gasteiger partial charge in [-0.3, -0.25) is 0 Å². The summed E-state index contributed by atoms with van der Waals surface area (Å²) in [6.07, 6.45) is -2.36. The van der Waals surface area contributed by atoms with Crippen LogP contribution >= 0.6 is 0 Å². The van der Waals surface area contributed by atoms with Crippen LogP contribution in [0.25, 0.3) is 0 Å². The molecule has 0 bridgehead atoms. The minimum absolute atomic E-state index is 0.0274. The van der Waals surface area contributed by atoms with Crippen molar-refractivity contribution in [1.82, 2.24) is 4.90 Å². The minimum atomic E-state index is -4.60. The molecule has 11 heteroatoms. The number of piperazine rings is 1. The van der Waals surface area contributed by atoms with Crippen LogP contribution in [-0.4, -0.2) is 49.3 Å². The molecule has 0 amide bonds. The molecule has 5 rings (SSSR count). The number of para-hydroxylation sites is 1. The standard InChI is InChI=1S/C32H35F4N5O2/c1-3-6-24(42)19-29-26-9-5-10-27(33)30(26)38-31(41(29)28-17-22(32(34,35)36)12-11-21(28)20-37)40-15-13-39(14-16-40)23-7-4-8-25(18-23)43-2/h4-12,17-18,29,42H,3,13-16,19-20,37H2,1-2H3. The van der Waals surface area contributed by atoms with Crippen LogP contribution in [0.3, 0.4) is 0 Å². The number of halogens is 4. The second kappa shape index (κ2) is 12.5. The first-order valence-corrected chi connectivity index (χ1v) is 14.2. The summed E-state index contributed by atoms with van der Waals surface area (Å²) < 4.78 is 62.6. The van der Waals surface area contributed by atoms with Crippen molar-refractivity contribution in [3.63, 3.8) is 0 Å². The normalized spacial score (nSPS) is 17.6. The molecule has 0 radical (unpaired) electrons. The molecule has 228 valence electrons. The van der Waals surface area contributed by atoms with Gasteiger partial charge in [0.1, 0.15) is 17.3 Å². The number of fused-ring (bicyclic) bond motifs is 1. The molecule has 7 nitrogen and oxygen atoms in total. The number of hydrogen-bond donors (Lipinski definition) is 2. The van der Waals surface area contributed by atoms with E-state index in [9.17, 15) is 18.3 Å². The monoisotopic (exact) mass is 597 g/mol. The summed E-state index contributed by atoms with van der Waals surface area (Å²) in [6, 6.07) is 15.0. The third-order valence-corrected chi connectivity index (χ3v) is 7.83. The molecule has 1 unspecified atom stereocenters. The van der Waals surface area contributed by atoms with E-state index in [-0.39, 0.29) is 30.1 Å². The van der Waals surface area contributed by atoms with Crippen molar-refractivity contribution in [2.45, 2.75) is 38.5 Å². The second-order valence-corrected chi connectivity index (χ2v) is 10.5. The molecule has 0 aliphatic carbocycles. The van der Waals surface area contributed by atoms with Crippen LogP contribution in [0.5, 0.6) is 5.75 Å². The summed E-state index contributed by atoms with van der Waals surface area (Å²) in [5, 5.41) is 10.8. The zero-order valence-corrected chi connectivity index (χ0v) is 24.1. The SMILES string of the molecule is CCC=C(O)CC1c2cccc(F)c2N=C(N2CCN(c3cccc(OC)c3)CC2)N1c1cc(C(F)(F)F)ccc1CN. The van der Waals surface area contributed by atoms with Crippen molar-refractivity contribution in [2.75, 3.05) is 43.1 Å². The van der Waals surface area contributed by atoms with Crippen molar-refractivity contribution < 1.29 is 27.4 Å². The molecule has 3 aromatic carbocycles. The summed E-state index contributed by atoms with van der Waals surface area (Å²) in [5.41, 5.74) is 7.47. The third-order valence-electron chi connectivity index (χ3n) is 7.83. The molecule has 3 aromatic rings. The number of aliphatic hydroxyl groups is 1. The molecule has 2 aliphatic rings. The van der Waals surface area contributed by atoms with Gasteiger partial charge in [-0.25, -0.2) is 9.38 Å². The van der Waals surface area contributed by atoms with Gasteiger partial charge < -0.3 is 30.3 Å². The van der Waals surface area contributed by atoms with Gasteiger partial charge in [-0.2, -0.15) is 13.2 Å². The molecule has 2 heterocycles. The van der Waals surface area contributed by atoms with E-state index < -0.39 is 23.6 Å². The summed E-state index contributed by atoms with van der Waals surface area (Å²) in [5.74, 6) is 0.553. The Morgan fingerprint density at radius 2 is 1.77 bits per heavy atom. The van der Waals surface area contributed by atoms with E-state index in [0.29, 0.717) is 49.7 Å². The number of alkyl halides is 3. The van der Waals surface area contributed by atoms with E-state index in [4.69, 9.17) is 15.5 Å². The van der Waals surface area contributed by atoms with E-state index >= 15 is 4.39 Å². The number of hydrogen-bond acceptors (Lipinski definition) is 7. The van der Waals surface area contributed by atoms with Crippen LogP contribution in [0, 0.1) is 5.82 Å². The van der Waals surface area contributed by atoms with E-state index in [0.717, 1.165) is 23.6 Å². The van der Waals surface area contributed by atoms with Crippen LogP contribution in [-0.2, 0) is 12.7 Å². The summed E-state index contributed by atoms with van der Waals surface area (Å²) in [6.45, 7) is 3.95. The number of aliphatic hydroxyl groups excluding tert-OH is 1. The highest BCUT2D eigenvalue weighted by Crippen LogP contribution is 2.45. The molecular formula is C32H35F4N5O2. The Hall–Kier alpha value is -4.25. The van der Waals surface area contributed by atoms with Crippen LogP contribution in [0.4, 0.5) is 34.6 Å². The Bertz CT molecular complexity index is 1520.